The van der Waals surface area contributed by atoms with E-state index in [0.29, 0.717) is 17.2 Å². The zero-order valence-electron chi connectivity index (χ0n) is 11.4. The average Bonchev–Trinajstić information content (AvgIpc) is 2.42. The largest absolute Gasteiger partial charge is 0.497 e. The van der Waals surface area contributed by atoms with E-state index >= 15 is 0 Å². The maximum Gasteiger partial charge on any atom is 0.227 e. The molecule has 1 amide bonds. The van der Waals surface area contributed by atoms with Gasteiger partial charge in [0.1, 0.15) is 5.75 Å². The molecule has 2 unspecified atom stereocenters. The van der Waals surface area contributed by atoms with Crippen LogP contribution in [-0.2, 0) is 11.2 Å². The van der Waals surface area contributed by atoms with Gasteiger partial charge in [0.2, 0.25) is 5.91 Å². The molecule has 2 rings (SSSR count). The lowest BCUT2D eigenvalue weighted by Gasteiger charge is -2.34. The van der Waals surface area contributed by atoms with E-state index in [1.54, 1.807) is 7.11 Å². The molecule has 0 saturated carbocycles. The predicted octanol–water partition coefficient (Wildman–Crippen LogP) is 2.87. The highest BCUT2D eigenvalue weighted by Crippen LogP contribution is 2.24. The molecule has 1 heterocycles. The maximum atomic E-state index is 12.3. The zero-order valence-corrected chi connectivity index (χ0v) is 13.0. The van der Waals surface area contributed by atoms with Crippen LogP contribution < -0.4 is 4.74 Å². The third kappa shape index (κ3) is 3.72. The van der Waals surface area contributed by atoms with E-state index in [1.807, 2.05) is 29.2 Å². The van der Waals surface area contributed by atoms with Gasteiger partial charge in [-0.25, -0.2) is 0 Å². The van der Waals surface area contributed by atoms with E-state index in [9.17, 15) is 4.79 Å². The standard InChI is InChI=1S/C15H20BrNO2/c1-11-10-17(7-6-14(11)16)15(18)9-12-4-3-5-13(8-12)19-2/h3-5,8,11,14H,6-7,9-10H2,1-2H3. The molecule has 4 heteroatoms. The Morgan fingerprint density at radius 2 is 2.32 bits per heavy atom. The summed E-state index contributed by atoms with van der Waals surface area (Å²) in [6.07, 6.45) is 1.49. The van der Waals surface area contributed by atoms with E-state index in [1.165, 1.54) is 0 Å². The minimum Gasteiger partial charge on any atom is -0.497 e. The predicted molar refractivity (Wildman–Crippen MR) is 79.8 cm³/mol. The summed E-state index contributed by atoms with van der Waals surface area (Å²) in [5.41, 5.74) is 1.01. The monoisotopic (exact) mass is 325 g/mol. The molecule has 3 nitrogen and oxygen atoms in total. The molecule has 104 valence electrons. The fourth-order valence-electron chi connectivity index (χ4n) is 2.41. The lowest BCUT2D eigenvalue weighted by Crippen LogP contribution is -2.43. The summed E-state index contributed by atoms with van der Waals surface area (Å²) in [6.45, 7) is 3.88. The number of piperidine rings is 1. The first-order valence-electron chi connectivity index (χ1n) is 6.65. The van der Waals surface area contributed by atoms with Gasteiger partial charge in [0.15, 0.2) is 0 Å². The average molecular weight is 326 g/mol. The van der Waals surface area contributed by atoms with Crippen LogP contribution in [0.2, 0.25) is 0 Å². The second kappa shape index (κ2) is 6.42. The number of hydrogen-bond donors (Lipinski definition) is 0. The molecule has 0 aliphatic carbocycles. The van der Waals surface area contributed by atoms with E-state index in [-0.39, 0.29) is 5.91 Å². The van der Waals surface area contributed by atoms with Crippen LogP contribution in [0.5, 0.6) is 5.75 Å². The van der Waals surface area contributed by atoms with E-state index in [2.05, 4.69) is 22.9 Å². The Balaban J connectivity index is 1.97. The number of rotatable bonds is 3. The van der Waals surface area contributed by atoms with E-state index in [0.717, 1.165) is 30.8 Å². The van der Waals surface area contributed by atoms with Crippen LogP contribution in [0.4, 0.5) is 0 Å². The fraction of sp³-hybridized carbons (Fsp3) is 0.533. The molecular formula is C15H20BrNO2. The molecule has 0 bridgehead atoms. The van der Waals surface area contributed by atoms with Crippen LogP contribution in [0, 0.1) is 5.92 Å². The van der Waals surface area contributed by atoms with Crippen molar-refractivity contribution in [3.8, 4) is 5.75 Å². The third-order valence-electron chi connectivity index (χ3n) is 3.64. The molecule has 1 fully saturated rings. The number of ether oxygens (including phenoxy) is 1. The molecule has 0 N–H and O–H groups in total. The SMILES string of the molecule is COc1cccc(CC(=O)N2CCC(Br)C(C)C2)c1. The van der Waals surface area contributed by atoms with Crippen LogP contribution in [0.15, 0.2) is 24.3 Å². The van der Waals surface area contributed by atoms with Gasteiger partial charge in [0.25, 0.3) is 0 Å². The smallest absolute Gasteiger partial charge is 0.227 e. The second-order valence-electron chi connectivity index (χ2n) is 5.15. The first-order valence-corrected chi connectivity index (χ1v) is 7.56. The topological polar surface area (TPSA) is 29.5 Å². The number of carbonyl (C=O) groups is 1. The van der Waals surface area contributed by atoms with Gasteiger partial charge in [-0.2, -0.15) is 0 Å². The summed E-state index contributed by atoms with van der Waals surface area (Å²) in [7, 11) is 1.64. The van der Waals surface area contributed by atoms with Crippen molar-refractivity contribution in [3.05, 3.63) is 29.8 Å². The lowest BCUT2D eigenvalue weighted by atomic mass is 9.99. The number of benzene rings is 1. The number of likely N-dealkylation sites (tertiary alicyclic amines) is 1. The van der Waals surface area contributed by atoms with Gasteiger partial charge < -0.3 is 9.64 Å². The summed E-state index contributed by atoms with van der Waals surface area (Å²) in [5, 5.41) is 0. The summed E-state index contributed by atoms with van der Waals surface area (Å²) in [4.78, 5) is 14.8. The van der Waals surface area contributed by atoms with Gasteiger partial charge in [-0.1, -0.05) is 35.0 Å². The lowest BCUT2D eigenvalue weighted by molar-refractivity contribution is -0.132. The van der Waals surface area contributed by atoms with Gasteiger partial charge >= 0.3 is 0 Å². The van der Waals surface area contributed by atoms with Gasteiger partial charge in [-0.3, -0.25) is 4.79 Å². The van der Waals surface area contributed by atoms with Gasteiger partial charge in [-0.05, 0) is 30.0 Å². The van der Waals surface area contributed by atoms with Gasteiger partial charge in [0, 0.05) is 17.9 Å². The van der Waals surface area contributed by atoms with E-state index in [4.69, 9.17) is 4.74 Å². The van der Waals surface area contributed by atoms with Crippen LogP contribution in [0.1, 0.15) is 18.9 Å². The summed E-state index contributed by atoms with van der Waals surface area (Å²) in [6, 6.07) is 7.72. The number of halogens is 1. The molecule has 19 heavy (non-hydrogen) atoms. The number of nitrogens with zero attached hydrogens (tertiary/aromatic N) is 1. The zero-order chi connectivity index (χ0) is 13.8. The second-order valence-corrected chi connectivity index (χ2v) is 6.33. The van der Waals surface area contributed by atoms with Crippen molar-refractivity contribution in [2.75, 3.05) is 20.2 Å². The van der Waals surface area contributed by atoms with Crippen molar-refractivity contribution in [1.29, 1.82) is 0 Å². The van der Waals surface area contributed by atoms with Crippen LogP contribution >= 0.6 is 15.9 Å². The Kier molecular flexibility index (Phi) is 4.86. The molecule has 2 atom stereocenters. The summed E-state index contributed by atoms with van der Waals surface area (Å²) >= 11 is 3.66. The summed E-state index contributed by atoms with van der Waals surface area (Å²) < 4.78 is 5.18. The highest BCUT2D eigenvalue weighted by molar-refractivity contribution is 9.09. The van der Waals surface area contributed by atoms with Crippen molar-refractivity contribution in [1.82, 2.24) is 4.90 Å². The first-order chi connectivity index (χ1) is 9.10. The van der Waals surface area contributed by atoms with Crippen LogP contribution in [0.3, 0.4) is 0 Å². The van der Waals surface area contributed by atoms with Gasteiger partial charge in [0.05, 0.1) is 13.5 Å². The van der Waals surface area contributed by atoms with Gasteiger partial charge in [-0.15, -0.1) is 0 Å². The number of amides is 1. The molecule has 1 saturated heterocycles. The van der Waals surface area contributed by atoms with Crippen molar-refractivity contribution in [2.24, 2.45) is 5.92 Å². The molecule has 0 spiro atoms. The quantitative estimate of drug-likeness (QED) is 0.800. The summed E-state index contributed by atoms with van der Waals surface area (Å²) in [5.74, 6) is 1.53. The molecule has 0 aromatic heterocycles. The molecular weight excluding hydrogens is 306 g/mol. The minimum atomic E-state index is 0.208. The normalized spacial score (nSPS) is 23.2. The Morgan fingerprint density at radius 1 is 1.53 bits per heavy atom. The molecule has 0 radical (unpaired) electrons. The van der Waals surface area contributed by atoms with Crippen molar-refractivity contribution in [3.63, 3.8) is 0 Å². The van der Waals surface area contributed by atoms with Crippen LogP contribution in [-0.4, -0.2) is 35.8 Å². The van der Waals surface area contributed by atoms with E-state index < -0.39 is 0 Å². The minimum absolute atomic E-state index is 0.208. The van der Waals surface area contributed by atoms with Crippen molar-refractivity contribution >= 4 is 21.8 Å². The Morgan fingerprint density at radius 3 is 3.00 bits per heavy atom. The maximum absolute atomic E-state index is 12.3. The number of carbonyl (C=O) groups excluding carboxylic acids is 1. The Labute approximate surface area is 123 Å². The van der Waals surface area contributed by atoms with Crippen molar-refractivity contribution < 1.29 is 9.53 Å². The Hall–Kier alpha value is -1.03. The molecule has 1 aromatic carbocycles. The Bertz CT molecular complexity index is 450. The van der Waals surface area contributed by atoms with Crippen LogP contribution in [0.25, 0.3) is 0 Å². The molecule has 1 aromatic rings. The fourth-order valence-corrected chi connectivity index (χ4v) is 2.78. The molecule has 1 aliphatic rings. The van der Waals surface area contributed by atoms with Crippen molar-refractivity contribution in [2.45, 2.75) is 24.6 Å². The highest BCUT2D eigenvalue weighted by atomic mass is 79.9. The number of methoxy groups -OCH3 is 1. The number of alkyl halides is 1. The third-order valence-corrected chi connectivity index (χ3v) is 5.00. The first kappa shape index (κ1) is 14.4. The highest BCUT2D eigenvalue weighted by Gasteiger charge is 2.26. The number of hydrogen-bond acceptors (Lipinski definition) is 2. The molecule has 1 aliphatic heterocycles.